The van der Waals surface area contributed by atoms with Gasteiger partial charge in [0.15, 0.2) is 11.3 Å². The molecule has 2 aliphatic rings. The van der Waals surface area contributed by atoms with E-state index in [1.165, 1.54) is 0 Å². The molecule has 8 nitrogen and oxygen atoms in total. The molecule has 2 saturated heterocycles. The summed E-state index contributed by atoms with van der Waals surface area (Å²) < 4.78 is 12.9. The molecule has 5 rings (SSSR count). The molecular weight excluding hydrogens is 408 g/mol. The molecule has 0 aliphatic carbocycles. The number of carboxylic acids is 1. The van der Waals surface area contributed by atoms with Gasteiger partial charge in [-0.05, 0) is 41.7 Å². The Morgan fingerprint density at radius 2 is 1.88 bits per heavy atom. The highest BCUT2D eigenvalue weighted by atomic mass is 16.5. The lowest BCUT2D eigenvalue weighted by Gasteiger charge is -2.29. The van der Waals surface area contributed by atoms with Crippen LogP contribution in [0.5, 0.6) is 0 Å². The first-order valence-corrected chi connectivity index (χ1v) is 11.2. The van der Waals surface area contributed by atoms with E-state index in [0.29, 0.717) is 18.9 Å². The number of pyridine rings is 1. The van der Waals surface area contributed by atoms with Crippen molar-refractivity contribution in [1.82, 2.24) is 14.8 Å². The molecule has 32 heavy (non-hydrogen) atoms. The number of morpholine rings is 1. The van der Waals surface area contributed by atoms with E-state index in [4.69, 9.17) is 14.6 Å². The highest BCUT2D eigenvalue weighted by molar-refractivity contribution is 6.00. The minimum Gasteiger partial charge on any atom is -0.477 e. The van der Waals surface area contributed by atoms with E-state index < -0.39 is 5.97 Å². The summed E-state index contributed by atoms with van der Waals surface area (Å²) in [6.07, 6.45) is 0.844. The lowest BCUT2D eigenvalue weighted by Crippen LogP contribution is -2.36. The predicted octanol–water partition coefficient (Wildman–Crippen LogP) is 3.72. The van der Waals surface area contributed by atoms with Gasteiger partial charge in [-0.15, -0.1) is 0 Å². The first-order valence-electron chi connectivity index (χ1n) is 11.2. The molecule has 2 aromatic heterocycles. The number of hydrogen-bond donors (Lipinski definition) is 1. The van der Waals surface area contributed by atoms with E-state index in [2.05, 4.69) is 48.0 Å². The predicted molar refractivity (Wildman–Crippen MR) is 122 cm³/mol. The molecule has 168 valence electrons. The van der Waals surface area contributed by atoms with Gasteiger partial charge in [0, 0.05) is 25.4 Å². The average molecular weight is 437 g/mol. The molecular formula is C24H28N4O4. The maximum atomic E-state index is 11.9. The minimum atomic E-state index is -1.04. The van der Waals surface area contributed by atoms with Crippen LogP contribution in [0.25, 0.3) is 22.2 Å². The molecule has 0 radical (unpaired) electrons. The molecule has 0 bridgehead atoms. The Hall–Kier alpha value is -2.97. The van der Waals surface area contributed by atoms with Crippen molar-refractivity contribution < 1.29 is 19.4 Å². The molecule has 8 heteroatoms. The summed E-state index contributed by atoms with van der Waals surface area (Å²) in [6, 6.07) is 10.1. The number of benzene rings is 1. The average Bonchev–Trinajstić information content (AvgIpc) is 3.47. The number of hydrogen-bond acceptors (Lipinski definition) is 6. The molecule has 4 heterocycles. The van der Waals surface area contributed by atoms with E-state index in [-0.39, 0.29) is 17.7 Å². The van der Waals surface area contributed by atoms with Gasteiger partial charge in [0.25, 0.3) is 0 Å². The second-order valence-corrected chi connectivity index (χ2v) is 8.71. The van der Waals surface area contributed by atoms with Crippen LogP contribution in [0.4, 0.5) is 5.69 Å². The lowest BCUT2D eigenvalue weighted by atomic mass is 9.97. The van der Waals surface area contributed by atoms with E-state index in [1.807, 2.05) is 4.68 Å². The van der Waals surface area contributed by atoms with Crippen LogP contribution in [0.2, 0.25) is 0 Å². The zero-order chi connectivity index (χ0) is 22.2. The first-order chi connectivity index (χ1) is 15.5. The quantitative estimate of drug-likeness (QED) is 0.652. The van der Waals surface area contributed by atoms with Crippen molar-refractivity contribution in [2.45, 2.75) is 32.2 Å². The zero-order valence-corrected chi connectivity index (χ0v) is 18.5. The molecule has 1 N–H and O–H groups in total. The Labute approximate surface area is 186 Å². The third-order valence-corrected chi connectivity index (χ3v) is 6.26. The fraction of sp³-hybridized carbons (Fsp3) is 0.458. The van der Waals surface area contributed by atoms with Crippen LogP contribution in [-0.2, 0) is 9.47 Å². The highest BCUT2D eigenvalue weighted by Crippen LogP contribution is 2.37. The monoisotopic (exact) mass is 436 g/mol. The maximum absolute atomic E-state index is 11.9. The molecule has 1 atom stereocenters. The Balaban J connectivity index is 1.66. The largest absolute Gasteiger partial charge is 0.477 e. The summed E-state index contributed by atoms with van der Waals surface area (Å²) >= 11 is 0. The standard InChI is InChI=1S/C24H28N4O4/c1-15(2)22-21-19(16-3-5-17(6-4-16)27-8-11-31-12-9-27)13-20(24(29)30)25-23(21)28(26-22)18-7-10-32-14-18/h3-6,13,15,18H,7-12,14H2,1-2H3,(H,29,30). The first kappa shape index (κ1) is 20.9. The second-order valence-electron chi connectivity index (χ2n) is 8.71. The van der Waals surface area contributed by atoms with Crippen LogP contribution in [0.15, 0.2) is 30.3 Å². The summed E-state index contributed by atoms with van der Waals surface area (Å²) in [5.41, 5.74) is 4.54. The maximum Gasteiger partial charge on any atom is 0.354 e. The molecule has 2 aliphatic heterocycles. The van der Waals surface area contributed by atoms with Gasteiger partial charge in [-0.3, -0.25) is 0 Å². The summed E-state index contributed by atoms with van der Waals surface area (Å²) in [4.78, 5) is 18.8. The molecule has 0 saturated carbocycles. The number of aromatic nitrogens is 3. The summed E-state index contributed by atoms with van der Waals surface area (Å²) in [7, 11) is 0. The van der Waals surface area contributed by atoms with E-state index in [9.17, 15) is 9.90 Å². The van der Waals surface area contributed by atoms with Gasteiger partial charge in [-0.2, -0.15) is 5.10 Å². The van der Waals surface area contributed by atoms with Gasteiger partial charge in [0.2, 0.25) is 0 Å². The molecule has 2 fully saturated rings. The van der Waals surface area contributed by atoms with Crippen LogP contribution in [-0.4, -0.2) is 65.4 Å². The van der Waals surface area contributed by atoms with Gasteiger partial charge < -0.3 is 19.5 Å². The Morgan fingerprint density at radius 1 is 1.12 bits per heavy atom. The lowest BCUT2D eigenvalue weighted by molar-refractivity contribution is 0.0691. The topological polar surface area (TPSA) is 89.7 Å². The number of fused-ring (bicyclic) bond motifs is 1. The van der Waals surface area contributed by atoms with E-state index >= 15 is 0 Å². The number of carbonyl (C=O) groups is 1. The van der Waals surface area contributed by atoms with Gasteiger partial charge >= 0.3 is 5.97 Å². The SMILES string of the molecule is CC(C)c1nn(C2CCOC2)c2nc(C(=O)O)cc(-c3ccc(N4CCOCC4)cc3)c12. The van der Waals surface area contributed by atoms with Crippen LogP contribution < -0.4 is 4.90 Å². The van der Waals surface area contributed by atoms with E-state index in [0.717, 1.165) is 60.6 Å². The summed E-state index contributed by atoms with van der Waals surface area (Å²) in [5, 5.41) is 15.6. The molecule has 0 amide bonds. The molecule has 1 aromatic carbocycles. The zero-order valence-electron chi connectivity index (χ0n) is 18.5. The van der Waals surface area contributed by atoms with Gasteiger partial charge in [-0.25, -0.2) is 14.5 Å². The van der Waals surface area contributed by atoms with Gasteiger partial charge in [0.1, 0.15) is 0 Å². The normalized spacial score (nSPS) is 19.2. The van der Waals surface area contributed by atoms with Crippen LogP contribution in [0.3, 0.4) is 0 Å². The number of carboxylic acid groups (broad SMARTS) is 1. The van der Waals surface area contributed by atoms with Crippen LogP contribution in [0, 0.1) is 0 Å². The molecule has 1 unspecified atom stereocenters. The van der Waals surface area contributed by atoms with Crippen molar-refractivity contribution in [3.8, 4) is 11.1 Å². The summed E-state index contributed by atoms with van der Waals surface area (Å²) in [5.74, 6) is -0.871. The van der Waals surface area contributed by atoms with Crippen molar-refractivity contribution in [2.75, 3.05) is 44.4 Å². The van der Waals surface area contributed by atoms with E-state index in [1.54, 1.807) is 6.07 Å². The Morgan fingerprint density at radius 3 is 2.50 bits per heavy atom. The number of aromatic carboxylic acids is 1. The van der Waals surface area contributed by atoms with Crippen molar-refractivity contribution in [3.63, 3.8) is 0 Å². The van der Waals surface area contributed by atoms with Crippen molar-refractivity contribution in [1.29, 1.82) is 0 Å². The molecule has 3 aromatic rings. The highest BCUT2D eigenvalue weighted by Gasteiger charge is 2.27. The third kappa shape index (κ3) is 3.73. The van der Waals surface area contributed by atoms with Gasteiger partial charge in [0.05, 0.1) is 36.9 Å². The van der Waals surface area contributed by atoms with Crippen LogP contribution >= 0.6 is 0 Å². The number of anilines is 1. The molecule has 0 spiro atoms. The third-order valence-electron chi connectivity index (χ3n) is 6.26. The Bertz CT molecular complexity index is 1130. The number of rotatable bonds is 5. The van der Waals surface area contributed by atoms with Crippen molar-refractivity contribution in [3.05, 3.63) is 41.7 Å². The summed E-state index contributed by atoms with van der Waals surface area (Å²) in [6.45, 7) is 8.66. The van der Waals surface area contributed by atoms with Crippen molar-refractivity contribution >= 4 is 22.7 Å². The van der Waals surface area contributed by atoms with Crippen molar-refractivity contribution in [2.24, 2.45) is 0 Å². The Kier molecular flexibility index (Phi) is 5.57. The number of nitrogens with zero attached hydrogens (tertiary/aromatic N) is 4. The smallest absolute Gasteiger partial charge is 0.354 e. The number of ether oxygens (including phenoxy) is 2. The fourth-order valence-corrected chi connectivity index (χ4v) is 4.55. The minimum absolute atomic E-state index is 0.0279. The fourth-order valence-electron chi connectivity index (χ4n) is 4.55. The van der Waals surface area contributed by atoms with Gasteiger partial charge in [-0.1, -0.05) is 26.0 Å². The van der Waals surface area contributed by atoms with Crippen LogP contribution in [0.1, 0.15) is 48.4 Å². The second kappa shape index (κ2) is 8.52.